The molecule has 6 heteroatoms. The second-order valence-corrected chi connectivity index (χ2v) is 8.54. The van der Waals surface area contributed by atoms with Gasteiger partial charge in [-0.25, -0.2) is 8.42 Å². The minimum absolute atomic E-state index is 0.244. The van der Waals surface area contributed by atoms with Crippen molar-refractivity contribution in [1.82, 2.24) is 5.32 Å². The van der Waals surface area contributed by atoms with Crippen molar-refractivity contribution in [3.8, 4) is 0 Å². The maximum Gasteiger partial charge on any atom is 0.151 e. The molecule has 0 fully saturated rings. The van der Waals surface area contributed by atoms with Crippen molar-refractivity contribution in [1.29, 1.82) is 0 Å². The molecule has 0 aliphatic heterocycles. The topological polar surface area (TPSA) is 46.2 Å². The first-order valence-electron chi connectivity index (χ1n) is 5.50. The molecule has 102 valence electrons. The monoisotopic (exact) mass is 397 g/mol. The highest BCUT2D eigenvalue weighted by Gasteiger charge is 2.27. The lowest BCUT2D eigenvalue weighted by Crippen LogP contribution is -2.33. The Morgan fingerprint density at radius 3 is 2.22 bits per heavy atom. The molecule has 1 rings (SSSR count). The van der Waals surface area contributed by atoms with Crippen LogP contribution < -0.4 is 5.32 Å². The van der Waals surface area contributed by atoms with Crippen molar-refractivity contribution in [2.24, 2.45) is 0 Å². The van der Waals surface area contributed by atoms with Gasteiger partial charge in [-0.15, -0.1) is 0 Å². The van der Waals surface area contributed by atoms with Crippen molar-refractivity contribution in [2.75, 3.05) is 13.3 Å². The van der Waals surface area contributed by atoms with Crippen molar-refractivity contribution in [3.63, 3.8) is 0 Å². The Hall–Kier alpha value is 0.0900. The quantitative estimate of drug-likeness (QED) is 0.846. The average molecular weight is 399 g/mol. The van der Waals surface area contributed by atoms with Gasteiger partial charge in [0.2, 0.25) is 0 Å². The largest absolute Gasteiger partial charge is 0.312 e. The molecule has 3 nitrogen and oxygen atoms in total. The first-order chi connectivity index (χ1) is 8.18. The smallest absolute Gasteiger partial charge is 0.151 e. The van der Waals surface area contributed by atoms with E-state index in [9.17, 15) is 8.42 Å². The van der Waals surface area contributed by atoms with Gasteiger partial charge >= 0.3 is 0 Å². The standard InChI is InChI=1S/C12H17Br2NO2S/c1-7-5-11(14)9(6-10(7)13)12(15-3)8(2)18(4,16)17/h5-6,8,12,15H,1-4H3. The van der Waals surface area contributed by atoms with Gasteiger partial charge in [0.25, 0.3) is 0 Å². The SMILES string of the molecule is CNC(c1cc(Br)c(C)cc1Br)C(C)S(C)(=O)=O. The lowest BCUT2D eigenvalue weighted by atomic mass is 10.0. The van der Waals surface area contributed by atoms with E-state index in [1.165, 1.54) is 6.26 Å². The predicted octanol–water partition coefficient (Wildman–Crippen LogP) is 3.21. The van der Waals surface area contributed by atoms with Gasteiger partial charge in [-0.3, -0.25) is 0 Å². The summed E-state index contributed by atoms with van der Waals surface area (Å²) in [6, 6.07) is 3.70. The van der Waals surface area contributed by atoms with Gasteiger partial charge in [-0.05, 0) is 44.2 Å². The van der Waals surface area contributed by atoms with Crippen LogP contribution in [0.25, 0.3) is 0 Å². The zero-order valence-corrected chi connectivity index (χ0v) is 14.8. The zero-order valence-electron chi connectivity index (χ0n) is 10.8. The Balaban J connectivity index is 3.30. The van der Waals surface area contributed by atoms with Gasteiger partial charge in [-0.2, -0.15) is 0 Å². The Kier molecular flexibility index (Phi) is 5.41. The molecule has 2 atom stereocenters. The molecule has 0 aliphatic carbocycles. The van der Waals surface area contributed by atoms with E-state index in [4.69, 9.17) is 0 Å². The highest BCUT2D eigenvalue weighted by Crippen LogP contribution is 2.32. The Morgan fingerprint density at radius 2 is 1.78 bits per heavy atom. The van der Waals surface area contributed by atoms with E-state index in [-0.39, 0.29) is 6.04 Å². The average Bonchev–Trinajstić information content (AvgIpc) is 2.24. The Morgan fingerprint density at radius 1 is 1.22 bits per heavy atom. The van der Waals surface area contributed by atoms with E-state index >= 15 is 0 Å². The number of benzene rings is 1. The fourth-order valence-corrected chi connectivity index (χ4v) is 3.63. The summed E-state index contributed by atoms with van der Waals surface area (Å²) in [6.07, 6.45) is 1.26. The van der Waals surface area contributed by atoms with Crippen molar-refractivity contribution in [3.05, 3.63) is 32.2 Å². The molecule has 0 radical (unpaired) electrons. The predicted molar refractivity (Wildman–Crippen MR) is 82.7 cm³/mol. The van der Waals surface area contributed by atoms with E-state index in [1.807, 2.05) is 19.1 Å². The third-order valence-corrected chi connectivity index (χ3v) is 6.23. The van der Waals surface area contributed by atoms with Crippen LogP contribution >= 0.6 is 31.9 Å². The highest BCUT2D eigenvalue weighted by molar-refractivity contribution is 9.11. The first kappa shape index (κ1) is 16.1. The van der Waals surface area contributed by atoms with E-state index in [2.05, 4.69) is 37.2 Å². The second kappa shape index (κ2) is 6.03. The molecular formula is C12H17Br2NO2S. The lowest BCUT2D eigenvalue weighted by Gasteiger charge is -2.24. The molecule has 18 heavy (non-hydrogen) atoms. The van der Waals surface area contributed by atoms with Crippen molar-refractivity contribution < 1.29 is 8.42 Å². The molecule has 1 aromatic rings. The highest BCUT2D eigenvalue weighted by atomic mass is 79.9. The zero-order chi connectivity index (χ0) is 14.1. The van der Waals surface area contributed by atoms with Crippen LogP contribution in [0.3, 0.4) is 0 Å². The lowest BCUT2D eigenvalue weighted by molar-refractivity contribution is 0.533. The van der Waals surface area contributed by atoms with Crippen LogP contribution in [-0.2, 0) is 9.84 Å². The van der Waals surface area contributed by atoms with Gasteiger partial charge in [-0.1, -0.05) is 31.9 Å². The number of rotatable bonds is 4. The molecule has 0 amide bonds. The molecule has 0 aliphatic rings. The van der Waals surface area contributed by atoms with Crippen LogP contribution in [0.4, 0.5) is 0 Å². The molecule has 0 saturated heterocycles. The summed E-state index contributed by atoms with van der Waals surface area (Å²) >= 11 is 6.98. The van der Waals surface area contributed by atoms with Crippen LogP contribution in [0.1, 0.15) is 24.1 Å². The summed E-state index contributed by atoms with van der Waals surface area (Å²) in [7, 11) is -1.33. The van der Waals surface area contributed by atoms with Gasteiger partial charge < -0.3 is 5.32 Å². The number of hydrogen-bond acceptors (Lipinski definition) is 3. The molecule has 0 aromatic heterocycles. The minimum atomic E-state index is -3.10. The number of sulfone groups is 1. The number of aryl methyl sites for hydroxylation is 1. The summed E-state index contributed by atoms with van der Waals surface area (Å²) in [4.78, 5) is 0. The fourth-order valence-electron chi connectivity index (χ4n) is 1.79. The van der Waals surface area contributed by atoms with Crippen LogP contribution in [0.15, 0.2) is 21.1 Å². The fraction of sp³-hybridized carbons (Fsp3) is 0.500. The summed E-state index contributed by atoms with van der Waals surface area (Å²) in [5.74, 6) is 0. The van der Waals surface area contributed by atoms with E-state index in [1.54, 1.807) is 14.0 Å². The van der Waals surface area contributed by atoms with Crippen molar-refractivity contribution in [2.45, 2.75) is 25.1 Å². The molecule has 1 aromatic carbocycles. The van der Waals surface area contributed by atoms with Crippen LogP contribution in [0.2, 0.25) is 0 Å². The molecule has 0 spiro atoms. The van der Waals surface area contributed by atoms with Gasteiger partial charge in [0.15, 0.2) is 9.84 Å². The number of halogens is 2. The van der Waals surface area contributed by atoms with Crippen LogP contribution in [-0.4, -0.2) is 27.0 Å². The molecular weight excluding hydrogens is 382 g/mol. The summed E-state index contributed by atoms with van der Waals surface area (Å²) in [5.41, 5.74) is 2.04. The van der Waals surface area contributed by atoms with Gasteiger partial charge in [0, 0.05) is 21.2 Å². The summed E-state index contributed by atoms with van der Waals surface area (Å²) < 4.78 is 25.3. The first-order valence-corrected chi connectivity index (χ1v) is 9.04. The molecule has 2 unspecified atom stereocenters. The molecule has 0 saturated carbocycles. The third kappa shape index (κ3) is 3.56. The normalized spacial score (nSPS) is 15.4. The maximum absolute atomic E-state index is 11.7. The Bertz CT molecular complexity index is 543. The number of nitrogens with one attached hydrogen (secondary N) is 1. The van der Waals surface area contributed by atoms with Crippen LogP contribution in [0, 0.1) is 6.92 Å². The Labute approximate surface area is 126 Å². The van der Waals surface area contributed by atoms with E-state index in [0.717, 1.165) is 20.1 Å². The maximum atomic E-state index is 11.7. The number of hydrogen-bond donors (Lipinski definition) is 1. The van der Waals surface area contributed by atoms with Gasteiger partial charge in [0.05, 0.1) is 5.25 Å². The third-order valence-electron chi connectivity index (χ3n) is 3.07. The van der Waals surface area contributed by atoms with Crippen molar-refractivity contribution >= 4 is 41.7 Å². The second-order valence-electron chi connectivity index (χ2n) is 4.42. The molecule has 0 bridgehead atoms. The van der Waals surface area contributed by atoms with E-state index < -0.39 is 15.1 Å². The van der Waals surface area contributed by atoms with Gasteiger partial charge in [0.1, 0.15) is 0 Å². The van der Waals surface area contributed by atoms with Crippen LogP contribution in [0.5, 0.6) is 0 Å². The minimum Gasteiger partial charge on any atom is -0.312 e. The summed E-state index contributed by atoms with van der Waals surface area (Å²) in [6.45, 7) is 3.71. The summed E-state index contributed by atoms with van der Waals surface area (Å²) in [5, 5.41) is 2.59. The molecule has 0 heterocycles. The molecule has 1 N–H and O–H groups in total. The van der Waals surface area contributed by atoms with E-state index in [0.29, 0.717) is 0 Å².